The summed E-state index contributed by atoms with van der Waals surface area (Å²) in [6.45, 7) is 4.78. The van der Waals surface area contributed by atoms with E-state index in [1.807, 2.05) is 0 Å². The van der Waals surface area contributed by atoms with Gasteiger partial charge in [-0.2, -0.15) is 0 Å². The molecular weight excluding hydrogens is 248 g/mol. The Kier molecular flexibility index (Phi) is 9.32. The zero-order valence-electron chi connectivity index (χ0n) is 10.5. The maximum absolute atomic E-state index is 10.5. The van der Waals surface area contributed by atoms with Crippen LogP contribution in [0.15, 0.2) is 0 Å². The zero-order chi connectivity index (χ0) is 14.9. The van der Waals surface area contributed by atoms with Gasteiger partial charge in [0, 0.05) is 13.8 Å². The van der Waals surface area contributed by atoms with E-state index in [0.29, 0.717) is 0 Å². The lowest BCUT2D eigenvalue weighted by atomic mass is 10.4. The van der Waals surface area contributed by atoms with Crippen LogP contribution in [0.4, 0.5) is 0 Å². The Balaban J connectivity index is 0. The van der Waals surface area contributed by atoms with Crippen molar-refractivity contribution in [2.75, 3.05) is 0 Å². The molecular formula is C10H16O8. The molecule has 8 heteroatoms. The second kappa shape index (κ2) is 9.11. The van der Waals surface area contributed by atoms with Crippen LogP contribution in [0, 0.1) is 0 Å². The molecule has 0 saturated carbocycles. The maximum atomic E-state index is 10.5. The van der Waals surface area contributed by atoms with Crippen LogP contribution < -0.4 is 0 Å². The molecule has 2 N–H and O–H groups in total. The first-order valence-corrected chi connectivity index (χ1v) is 4.88. The van der Waals surface area contributed by atoms with Crippen LogP contribution in [-0.4, -0.2) is 46.3 Å². The number of rotatable bonds is 3. The van der Waals surface area contributed by atoms with E-state index >= 15 is 0 Å². The Labute approximate surface area is 103 Å². The molecule has 0 saturated heterocycles. The van der Waals surface area contributed by atoms with Crippen LogP contribution in [0.3, 0.4) is 0 Å². The van der Waals surface area contributed by atoms with Crippen molar-refractivity contribution in [3.8, 4) is 0 Å². The lowest BCUT2D eigenvalue weighted by Gasteiger charge is -2.09. The SMILES string of the molecule is CC(=O)OC(C)=O.CC(O)C(=O)OC(C)C(=O)O. The van der Waals surface area contributed by atoms with Crippen molar-refractivity contribution in [2.45, 2.75) is 39.9 Å². The summed E-state index contributed by atoms with van der Waals surface area (Å²) < 4.78 is 8.26. The van der Waals surface area contributed by atoms with Crippen LogP contribution in [-0.2, 0) is 28.7 Å². The Bertz CT molecular complexity index is 308. The van der Waals surface area contributed by atoms with E-state index in [1.54, 1.807) is 0 Å². The van der Waals surface area contributed by atoms with E-state index in [-0.39, 0.29) is 0 Å². The summed E-state index contributed by atoms with van der Waals surface area (Å²) in [5.41, 5.74) is 0. The van der Waals surface area contributed by atoms with E-state index in [4.69, 9.17) is 10.2 Å². The van der Waals surface area contributed by atoms with Gasteiger partial charge in [-0.15, -0.1) is 0 Å². The predicted molar refractivity (Wildman–Crippen MR) is 57.3 cm³/mol. The van der Waals surface area contributed by atoms with Crippen molar-refractivity contribution in [1.29, 1.82) is 0 Å². The van der Waals surface area contributed by atoms with Crippen LogP contribution >= 0.6 is 0 Å². The lowest BCUT2D eigenvalue weighted by Crippen LogP contribution is -2.29. The van der Waals surface area contributed by atoms with Crippen molar-refractivity contribution >= 4 is 23.9 Å². The Morgan fingerprint density at radius 2 is 1.39 bits per heavy atom. The van der Waals surface area contributed by atoms with Crippen LogP contribution in [0.5, 0.6) is 0 Å². The van der Waals surface area contributed by atoms with Crippen LogP contribution in [0.1, 0.15) is 27.7 Å². The Hall–Kier alpha value is -1.96. The molecule has 0 bridgehead atoms. The first-order valence-electron chi connectivity index (χ1n) is 4.88. The number of aliphatic hydroxyl groups excluding tert-OH is 1. The quantitative estimate of drug-likeness (QED) is 0.514. The molecule has 0 aromatic carbocycles. The molecule has 0 aliphatic rings. The van der Waals surface area contributed by atoms with Crippen LogP contribution in [0.2, 0.25) is 0 Å². The number of aliphatic carboxylic acids is 1. The molecule has 0 rings (SSSR count). The largest absolute Gasteiger partial charge is 0.479 e. The highest BCUT2D eigenvalue weighted by atomic mass is 16.6. The summed E-state index contributed by atoms with van der Waals surface area (Å²) in [5.74, 6) is -3.29. The number of ether oxygens (including phenoxy) is 2. The van der Waals surface area contributed by atoms with E-state index < -0.39 is 36.1 Å². The van der Waals surface area contributed by atoms with Gasteiger partial charge in [0.2, 0.25) is 0 Å². The Morgan fingerprint density at radius 3 is 1.56 bits per heavy atom. The summed E-state index contributed by atoms with van der Waals surface area (Å²) in [7, 11) is 0. The normalized spacial score (nSPS) is 12.3. The zero-order valence-corrected chi connectivity index (χ0v) is 10.5. The minimum Gasteiger partial charge on any atom is -0.479 e. The van der Waals surface area contributed by atoms with Crippen molar-refractivity contribution in [3.05, 3.63) is 0 Å². The maximum Gasteiger partial charge on any atom is 0.344 e. The van der Waals surface area contributed by atoms with Gasteiger partial charge in [0.15, 0.2) is 6.10 Å². The van der Waals surface area contributed by atoms with E-state index in [0.717, 1.165) is 0 Å². The summed E-state index contributed by atoms with van der Waals surface area (Å²) >= 11 is 0. The fourth-order valence-electron chi connectivity index (χ4n) is 0.526. The van der Waals surface area contributed by atoms with Gasteiger partial charge in [0.25, 0.3) is 0 Å². The fourth-order valence-corrected chi connectivity index (χ4v) is 0.526. The number of carboxylic acids is 1. The summed E-state index contributed by atoms with van der Waals surface area (Å²) in [4.78, 5) is 40.2. The molecule has 2 atom stereocenters. The summed E-state index contributed by atoms with van der Waals surface area (Å²) in [5, 5.41) is 16.8. The standard InChI is InChI=1S/C6H10O5.C4H6O3/c1-3(7)6(10)11-4(2)5(8)9;1-3(5)7-4(2)6/h3-4,7H,1-2H3,(H,8,9);1-2H3. The molecule has 0 radical (unpaired) electrons. The number of carboxylic acid groups (broad SMARTS) is 1. The number of hydrogen-bond acceptors (Lipinski definition) is 7. The molecule has 0 aromatic rings. The first-order chi connectivity index (χ1) is 8.07. The molecule has 104 valence electrons. The van der Waals surface area contributed by atoms with Gasteiger partial charge in [-0.3, -0.25) is 9.59 Å². The average molecular weight is 264 g/mol. The molecule has 18 heavy (non-hydrogen) atoms. The number of esters is 3. The highest BCUT2D eigenvalue weighted by Gasteiger charge is 2.18. The number of carbonyl (C=O) groups is 4. The second-order valence-corrected chi connectivity index (χ2v) is 3.18. The second-order valence-electron chi connectivity index (χ2n) is 3.18. The van der Waals surface area contributed by atoms with Gasteiger partial charge in [0.1, 0.15) is 6.10 Å². The van der Waals surface area contributed by atoms with Gasteiger partial charge >= 0.3 is 23.9 Å². The molecule has 0 spiro atoms. The molecule has 0 heterocycles. The first kappa shape index (κ1) is 18.4. The molecule has 0 fully saturated rings. The summed E-state index contributed by atoms with van der Waals surface area (Å²) in [6.07, 6.45) is -2.49. The highest BCUT2D eigenvalue weighted by Crippen LogP contribution is 1.94. The third kappa shape index (κ3) is 12.1. The third-order valence-electron chi connectivity index (χ3n) is 1.27. The van der Waals surface area contributed by atoms with E-state index in [2.05, 4.69) is 9.47 Å². The van der Waals surface area contributed by atoms with Gasteiger partial charge in [0.05, 0.1) is 0 Å². The number of hydrogen-bond donors (Lipinski definition) is 2. The molecule has 0 aliphatic heterocycles. The van der Waals surface area contributed by atoms with Crippen molar-refractivity contribution in [1.82, 2.24) is 0 Å². The minimum atomic E-state index is -1.28. The Morgan fingerprint density at radius 1 is 1.00 bits per heavy atom. The minimum absolute atomic E-state index is 0.562. The monoisotopic (exact) mass is 264 g/mol. The van der Waals surface area contributed by atoms with Gasteiger partial charge in [-0.05, 0) is 13.8 Å². The average Bonchev–Trinajstić information content (AvgIpc) is 2.15. The van der Waals surface area contributed by atoms with Crippen molar-refractivity contribution in [2.24, 2.45) is 0 Å². The van der Waals surface area contributed by atoms with Gasteiger partial charge < -0.3 is 19.7 Å². The molecule has 0 amide bonds. The van der Waals surface area contributed by atoms with Crippen molar-refractivity contribution in [3.63, 3.8) is 0 Å². The predicted octanol–water partition coefficient (Wildman–Crippen LogP) is -0.520. The van der Waals surface area contributed by atoms with Gasteiger partial charge in [-0.25, -0.2) is 9.59 Å². The molecule has 0 aromatic heterocycles. The van der Waals surface area contributed by atoms with Crippen molar-refractivity contribution < 1.29 is 38.9 Å². The fraction of sp³-hybridized carbons (Fsp3) is 0.600. The smallest absolute Gasteiger partial charge is 0.344 e. The van der Waals surface area contributed by atoms with Gasteiger partial charge in [-0.1, -0.05) is 0 Å². The number of carbonyl (C=O) groups excluding carboxylic acids is 3. The van der Waals surface area contributed by atoms with E-state index in [9.17, 15) is 19.2 Å². The number of aliphatic hydroxyl groups is 1. The molecule has 8 nitrogen and oxygen atoms in total. The topological polar surface area (TPSA) is 127 Å². The summed E-state index contributed by atoms with van der Waals surface area (Å²) in [6, 6.07) is 0. The van der Waals surface area contributed by atoms with Crippen LogP contribution in [0.25, 0.3) is 0 Å². The molecule has 2 unspecified atom stereocenters. The highest BCUT2D eigenvalue weighted by molar-refractivity contribution is 5.82. The van der Waals surface area contributed by atoms with E-state index in [1.165, 1.54) is 27.7 Å². The third-order valence-corrected chi connectivity index (χ3v) is 1.27. The molecule has 0 aliphatic carbocycles. The lowest BCUT2D eigenvalue weighted by molar-refractivity contribution is -0.168.